The van der Waals surface area contributed by atoms with Crippen LogP contribution < -0.4 is 10.6 Å². The molecule has 1 aromatic rings. The summed E-state index contributed by atoms with van der Waals surface area (Å²) in [4.78, 5) is 11.3. The van der Waals surface area contributed by atoms with Crippen molar-refractivity contribution in [1.82, 2.24) is 10.6 Å². The van der Waals surface area contributed by atoms with Crippen molar-refractivity contribution in [3.63, 3.8) is 0 Å². The molecule has 0 aliphatic heterocycles. The summed E-state index contributed by atoms with van der Waals surface area (Å²) in [5.41, 5.74) is 0.766. The SMILES string of the molecule is CCCCNC(=O)NCc1ccc(F)c(Cl)c1. The first-order valence-corrected chi connectivity index (χ1v) is 5.97. The number of benzene rings is 1. The molecule has 0 spiro atoms. The summed E-state index contributed by atoms with van der Waals surface area (Å²) >= 11 is 5.63. The number of rotatable bonds is 5. The van der Waals surface area contributed by atoms with Crippen LogP contribution in [0.15, 0.2) is 18.2 Å². The van der Waals surface area contributed by atoms with Crippen molar-refractivity contribution < 1.29 is 9.18 Å². The average Bonchev–Trinajstić information content (AvgIpc) is 2.31. The van der Waals surface area contributed by atoms with E-state index >= 15 is 0 Å². The standard InChI is InChI=1S/C12H16ClFN2O/c1-2-3-6-15-12(17)16-8-9-4-5-11(14)10(13)7-9/h4-5,7H,2-3,6,8H2,1H3,(H2,15,16,17). The van der Waals surface area contributed by atoms with Crippen LogP contribution in [-0.2, 0) is 6.54 Å². The zero-order valence-electron chi connectivity index (χ0n) is 9.72. The van der Waals surface area contributed by atoms with E-state index in [0.717, 1.165) is 18.4 Å². The summed E-state index contributed by atoms with van der Waals surface area (Å²) in [6, 6.07) is 4.16. The minimum atomic E-state index is -0.456. The van der Waals surface area contributed by atoms with Crippen LogP contribution in [0, 0.1) is 5.82 Å². The van der Waals surface area contributed by atoms with E-state index in [1.807, 2.05) is 0 Å². The van der Waals surface area contributed by atoms with Crippen molar-refractivity contribution in [3.8, 4) is 0 Å². The molecule has 5 heteroatoms. The number of halogens is 2. The van der Waals surface area contributed by atoms with Crippen LogP contribution in [0.5, 0.6) is 0 Å². The van der Waals surface area contributed by atoms with Crippen molar-refractivity contribution in [2.75, 3.05) is 6.54 Å². The van der Waals surface area contributed by atoms with Crippen LogP contribution in [0.1, 0.15) is 25.3 Å². The molecule has 0 bridgehead atoms. The van der Waals surface area contributed by atoms with Gasteiger partial charge < -0.3 is 10.6 Å². The third kappa shape index (κ3) is 5.04. The molecule has 0 aliphatic rings. The van der Waals surface area contributed by atoms with E-state index in [-0.39, 0.29) is 11.1 Å². The molecule has 0 heterocycles. The van der Waals surface area contributed by atoms with Crippen molar-refractivity contribution in [2.24, 2.45) is 0 Å². The van der Waals surface area contributed by atoms with Gasteiger partial charge in [0.05, 0.1) is 5.02 Å². The maximum absolute atomic E-state index is 12.9. The third-order valence-corrected chi connectivity index (χ3v) is 2.54. The van der Waals surface area contributed by atoms with Crippen molar-refractivity contribution in [1.29, 1.82) is 0 Å². The predicted octanol–water partition coefficient (Wildman–Crippen LogP) is 3.08. The molecule has 0 atom stereocenters. The second-order valence-corrected chi connectivity index (χ2v) is 4.12. The lowest BCUT2D eigenvalue weighted by molar-refractivity contribution is 0.240. The molecule has 0 saturated carbocycles. The van der Waals surface area contributed by atoms with Gasteiger partial charge in [-0.2, -0.15) is 0 Å². The molecule has 0 aliphatic carbocycles. The maximum atomic E-state index is 12.9. The molecule has 2 amide bonds. The Bertz CT molecular complexity index is 385. The molecule has 3 nitrogen and oxygen atoms in total. The normalized spacial score (nSPS) is 10.1. The van der Waals surface area contributed by atoms with Gasteiger partial charge in [0, 0.05) is 13.1 Å². The van der Waals surface area contributed by atoms with Gasteiger partial charge in [-0.1, -0.05) is 31.0 Å². The first-order chi connectivity index (χ1) is 8.13. The second kappa shape index (κ2) is 7.12. The molecule has 2 N–H and O–H groups in total. The Morgan fingerprint density at radius 3 is 2.82 bits per heavy atom. The van der Waals surface area contributed by atoms with E-state index in [9.17, 15) is 9.18 Å². The van der Waals surface area contributed by atoms with Gasteiger partial charge >= 0.3 is 6.03 Å². The smallest absolute Gasteiger partial charge is 0.315 e. The minimum absolute atomic E-state index is 0.0655. The number of hydrogen-bond acceptors (Lipinski definition) is 1. The summed E-state index contributed by atoms with van der Waals surface area (Å²) in [6.07, 6.45) is 1.99. The Morgan fingerprint density at radius 2 is 2.18 bits per heavy atom. The summed E-state index contributed by atoms with van der Waals surface area (Å²) in [6.45, 7) is 3.05. The van der Waals surface area contributed by atoms with Crippen LogP contribution in [0.3, 0.4) is 0 Å². The summed E-state index contributed by atoms with van der Waals surface area (Å²) in [5.74, 6) is -0.456. The summed E-state index contributed by atoms with van der Waals surface area (Å²) in [5, 5.41) is 5.46. The minimum Gasteiger partial charge on any atom is -0.338 e. The van der Waals surface area contributed by atoms with E-state index in [2.05, 4.69) is 17.6 Å². The molecular formula is C12H16ClFN2O. The molecule has 94 valence electrons. The van der Waals surface area contributed by atoms with Crippen molar-refractivity contribution in [3.05, 3.63) is 34.6 Å². The molecule has 1 aromatic carbocycles. The van der Waals surface area contributed by atoms with Gasteiger partial charge in [-0.25, -0.2) is 9.18 Å². The fourth-order valence-electron chi connectivity index (χ4n) is 1.27. The van der Waals surface area contributed by atoms with Crippen LogP contribution in [0.25, 0.3) is 0 Å². The molecule has 0 aromatic heterocycles. The number of hydrogen-bond donors (Lipinski definition) is 2. The fourth-order valence-corrected chi connectivity index (χ4v) is 1.48. The molecule has 0 radical (unpaired) electrons. The van der Waals surface area contributed by atoms with Crippen LogP contribution >= 0.6 is 11.6 Å². The van der Waals surface area contributed by atoms with Gasteiger partial charge in [0.2, 0.25) is 0 Å². The summed E-state index contributed by atoms with van der Waals surface area (Å²) in [7, 11) is 0. The number of carbonyl (C=O) groups is 1. The van der Waals surface area contributed by atoms with Crippen LogP contribution in [0.2, 0.25) is 5.02 Å². The zero-order valence-corrected chi connectivity index (χ0v) is 10.5. The van der Waals surface area contributed by atoms with E-state index in [1.54, 1.807) is 6.07 Å². The van der Waals surface area contributed by atoms with E-state index in [0.29, 0.717) is 13.1 Å². The van der Waals surface area contributed by atoms with E-state index in [4.69, 9.17) is 11.6 Å². The van der Waals surface area contributed by atoms with Gasteiger partial charge in [-0.05, 0) is 24.1 Å². The van der Waals surface area contributed by atoms with Gasteiger partial charge in [-0.15, -0.1) is 0 Å². The van der Waals surface area contributed by atoms with Gasteiger partial charge in [0.15, 0.2) is 0 Å². The lowest BCUT2D eigenvalue weighted by Gasteiger charge is -2.07. The first kappa shape index (κ1) is 13.8. The van der Waals surface area contributed by atoms with E-state index < -0.39 is 5.82 Å². The number of carbonyl (C=O) groups excluding carboxylic acids is 1. The topological polar surface area (TPSA) is 41.1 Å². The summed E-state index contributed by atoms with van der Waals surface area (Å²) < 4.78 is 12.9. The Kier molecular flexibility index (Phi) is 5.77. The quantitative estimate of drug-likeness (QED) is 0.783. The Hall–Kier alpha value is -1.29. The predicted molar refractivity (Wildman–Crippen MR) is 66.6 cm³/mol. The van der Waals surface area contributed by atoms with Crippen LogP contribution in [0.4, 0.5) is 9.18 Å². The highest BCUT2D eigenvalue weighted by molar-refractivity contribution is 6.30. The molecule has 1 rings (SSSR count). The Labute approximate surface area is 105 Å². The number of unbranched alkanes of at least 4 members (excludes halogenated alkanes) is 1. The zero-order chi connectivity index (χ0) is 12.7. The Morgan fingerprint density at radius 1 is 1.41 bits per heavy atom. The third-order valence-electron chi connectivity index (χ3n) is 2.25. The van der Waals surface area contributed by atoms with Crippen molar-refractivity contribution in [2.45, 2.75) is 26.3 Å². The average molecular weight is 259 g/mol. The lowest BCUT2D eigenvalue weighted by Crippen LogP contribution is -2.35. The molecule has 0 fully saturated rings. The number of amides is 2. The first-order valence-electron chi connectivity index (χ1n) is 5.59. The second-order valence-electron chi connectivity index (χ2n) is 3.71. The molecule has 17 heavy (non-hydrogen) atoms. The van der Waals surface area contributed by atoms with Gasteiger partial charge in [-0.3, -0.25) is 0 Å². The largest absolute Gasteiger partial charge is 0.338 e. The number of nitrogens with one attached hydrogen (secondary N) is 2. The van der Waals surface area contributed by atoms with Gasteiger partial charge in [0.1, 0.15) is 5.82 Å². The van der Waals surface area contributed by atoms with Crippen LogP contribution in [-0.4, -0.2) is 12.6 Å². The fraction of sp³-hybridized carbons (Fsp3) is 0.417. The molecule has 0 unspecified atom stereocenters. The molecular weight excluding hydrogens is 243 g/mol. The lowest BCUT2D eigenvalue weighted by atomic mass is 10.2. The highest BCUT2D eigenvalue weighted by Gasteiger charge is 2.02. The monoisotopic (exact) mass is 258 g/mol. The van der Waals surface area contributed by atoms with E-state index in [1.165, 1.54) is 12.1 Å². The highest BCUT2D eigenvalue weighted by atomic mass is 35.5. The van der Waals surface area contributed by atoms with Crippen molar-refractivity contribution >= 4 is 17.6 Å². The number of urea groups is 1. The Balaban J connectivity index is 2.34. The maximum Gasteiger partial charge on any atom is 0.315 e. The van der Waals surface area contributed by atoms with Gasteiger partial charge in [0.25, 0.3) is 0 Å². The molecule has 0 saturated heterocycles. The highest BCUT2D eigenvalue weighted by Crippen LogP contribution is 2.15.